The SMILES string of the molecule is COc1ccc(OP(=O)(NC(C)C(=O)OC2CCCCC2)OC(C)C2OC(n3cnc4c(N)ncnc43)C(O)C2O)cc1. The van der Waals surface area contributed by atoms with E-state index in [0.717, 1.165) is 32.1 Å². The minimum Gasteiger partial charge on any atom is -0.497 e. The normalized spacial score (nSPS) is 25.6. The molecule has 7 unspecified atom stereocenters. The molecule has 234 valence electrons. The number of methoxy groups -OCH3 is 1. The van der Waals surface area contributed by atoms with Crippen LogP contribution in [0.15, 0.2) is 36.9 Å². The van der Waals surface area contributed by atoms with Crippen LogP contribution >= 0.6 is 7.75 Å². The first-order chi connectivity index (χ1) is 20.6. The maximum absolute atomic E-state index is 14.2. The molecule has 2 aliphatic rings. The highest BCUT2D eigenvalue weighted by atomic mass is 31.2. The van der Waals surface area contributed by atoms with Crippen LogP contribution in [0.2, 0.25) is 0 Å². The standard InChI is InChI=1S/C27H37N6O9P/c1-15(27(36)39-18-7-5-4-6-8-18)32-43(37,42-19-11-9-17(38-3)10-12-19)41-16(2)23-21(34)22(35)26(40-23)33-14-31-20-24(28)29-13-30-25(20)33/h9-16,18,21-23,26,34-35H,4-8H2,1-3H3,(H,32,37)(H2,28,29,30). The first kappa shape index (κ1) is 31.1. The average Bonchev–Trinajstić information content (AvgIpc) is 3.55. The number of aliphatic hydroxyl groups is 2. The molecule has 7 atom stereocenters. The number of nitrogen functional groups attached to an aromatic ring is 1. The fourth-order valence-electron chi connectivity index (χ4n) is 5.23. The third-order valence-corrected chi connectivity index (χ3v) is 9.29. The van der Waals surface area contributed by atoms with Crippen molar-refractivity contribution in [2.75, 3.05) is 12.8 Å². The van der Waals surface area contributed by atoms with E-state index in [1.54, 1.807) is 12.1 Å². The summed E-state index contributed by atoms with van der Waals surface area (Å²) in [6.45, 7) is 3.01. The lowest BCUT2D eigenvalue weighted by atomic mass is 9.98. The molecule has 5 rings (SSSR count). The number of rotatable bonds is 11. The number of fused-ring (bicyclic) bond motifs is 1. The Morgan fingerprint density at radius 3 is 2.49 bits per heavy atom. The molecule has 5 N–H and O–H groups in total. The molecule has 2 fully saturated rings. The van der Waals surface area contributed by atoms with Crippen molar-refractivity contribution in [1.29, 1.82) is 0 Å². The summed E-state index contributed by atoms with van der Waals surface area (Å²) in [5.74, 6) is 0.270. The summed E-state index contributed by atoms with van der Waals surface area (Å²) in [5.41, 5.74) is 6.47. The van der Waals surface area contributed by atoms with Gasteiger partial charge in [-0.1, -0.05) is 6.42 Å². The molecule has 0 radical (unpaired) electrons. The topological polar surface area (TPSA) is 202 Å². The molecule has 15 nitrogen and oxygen atoms in total. The highest BCUT2D eigenvalue weighted by Crippen LogP contribution is 2.48. The van der Waals surface area contributed by atoms with Crippen LogP contribution in [0, 0.1) is 0 Å². The number of hydrogen-bond acceptors (Lipinski definition) is 13. The lowest BCUT2D eigenvalue weighted by Crippen LogP contribution is -2.41. The van der Waals surface area contributed by atoms with E-state index in [9.17, 15) is 19.6 Å². The van der Waals surface area contributed by atoms with E-state index in [1.807, 2.05) is 0 Å². The van der Waals surface area contributed by atoms with E-state index in [2.05, 4.69) is 20.0 Å². The van der Waals surface area contributed by atoms with Crippen LogP contribution in [-0.4, -0.2) is 79.4 Å². The molecule has 0 spiro atoms. The second-order valence-electron chi connectivity index (χ2n) is 10.7. The van der Waals surface area contributed by atoms with Crippen LogP contribution in [0.1, 0.15) is 52.2 Å². The predicted molar refractivity (Wildman–Crippen MR) is 153 cm³/mol. The summed E-state index contributed by atoms with van der Waals surface area (Å²) in [7, 11) is -2.82. The van der Waals surface area contributed by atoms with Gasteiger partial charge in [0, 0.05) is 0 Å². The first-order valence-electron chi connectivity index (χ1n) is 14.1. The molecule has 1 saturated heterocycles. The molecular weight excluding hydrogens is 583 g/mol. The number of nitrogens with two attached hydrogens (primary N) is 1. The van der Waals surface area contributed by atoms with Crippen molar-refractivity contribution in [1.82, 2.24) is 24.6 Å². The van der Waals surface area contributed by atoms with E-state index in [0.29, 0.717) is 16.9 Å². The Hall–Kier alpha value is -3.33. The summed E-state index contributed by atoms with van der Waals surface area (Å²) in [6.07, 6.45) is 0.727. The first-order valence-corrected chi connectivity index (χ1v) is 15.7. The fourth-order valence-corrected chi connectivity index (χ4v) is 6.92. The van der Waals surface area contributed by atoms with E-state index in [4.69, 9.17) is 29.0 Å². The van der Waals surface area contributed by atoms with Gasteiger partial charge in [-0.3, -0.25) is 13.9 Å². The number of nitrogens with zero attached hydrogens (tertiary/aromatic N) is 4. The van der Waals surface area contributed by atoms with Crippen molar-refractivity contribution >= 4 is 30.7 Å². The Labute approximate surface area is 248 Å². The number of nitrogens with one attached hydrogen (secondary N) is 1. The summed E-state index contributed by atoms with van der Waals surface area (Å²) >= 11 is 0. The van der Waals surface area contributed by atoms with Gasteiger partial charge in [0.1, 0.15) is 53.8 Å². The molecule has 1 aliphatic carbocycles. The summed E-state index contributed by atoms with van der Waals surface area (Å²) in [4.78, 5) is 25.2. The zero-order chi connectivity index (χ0) is 30.7. The number of esters is 1. The lowest BCUT2D eigenvalue weighted by molar-refractivity contribution is -0.152. The van der Waals surface area contributed by atoms with Crippen LogP contribution < -0.4 is 20.1 Å². The second kappa shape index (κ2) is 13.1. The molecule has 0 bridgehead atoms. The van der Waals surface area contributed by atoms with E-state index < -0.39 is 50.4 Å². The molecule has 3 aromatic rings. The lowest BCUT2D eigenvalue weighted by Gasteiger charge is -2.29. The number of carbonyl (C=O) groups excluding carboxylic acids is 1. The number of anilines is 1. The number of ether oxygens (including phenoxy) is 3. The third kappa shape index (κ3) is 6.92. The average molecular weight is 621 g/mol. The van der Waals surface area contributed by atoms with Crippen molar-refractivity contribution in [3.63, 3.8) is 0 Å². The van der Waals surface area contributed by atoms with E-state index >= 15 is 0 Å². The van der Waals surface area contributed by atoms with Gasteiger partial charge < -0.3 is 34.7 Å². The molecular formula is C27H37N6O9P. The van der Waals surface area contributed by atoms with Crippen LogP contribution in [0.4, 0.5) is 5.82 Å². The van der Waals surface area contributed by atoms with Gasteiger partial charge in [0.25, 0.3) is 0 Å². The van der Waals surface area contributed by atoms with Gasteiger partial charge in [-0.2, -0.15) is 5.09 Å². The molecule has 43 heavy (non-hydrogen) atoms. The molecule has 2 aromatic heterocycles. The van der Waals surface area contributed by atoms with Crippen molar-refractivity contribution in [2.24, 2.45) is 0 Å². The maximum Gasteiger partial charge on any atom is 0.459 e. The zero-order valence-corrected chi connectivity index (χ0v) is 25.0. The molecule has 1 aromatic carbocycles. The molecule has 16 heteroatoms. The smallest absolute Gasteiger partial charge is 0.459 e. The highest BCUT2D eigenvalue weighted by Gasteiger charge is 2.49. The van der Waals surface area contributed by atoms with Gasteiger partial charge in [0.15, 0.2) is 17.7 Å². The van der Waals surface area contributed by atoms with Crippen LogP contribution in [0.25, 0.3) is 11.2 Å². The van der Waals surface area contributed by atoms with Crippen molar-refractivity contribution in [3.8, 4) is 11.5 Å². The summed E-state index contributed by atoms with van der Waals surface area (Å²) < 4.78 is 44.1. The van der Waals surface area contributed by atoms with E-state index in [1.165, 1.54) is 50.3 Å². The molecule has 1 aliphatic heterocycles. The molecule has 3 heterocycles. The summed E-state index contributed by atoms with van der Waals surface area (Å²) in [5, 5.41) is 24.5. The van der Waals surface area contributed by atoms with Gasteiger partial charge >= 0.3 is 13.7 Å². The van der Waals surface area contributed by atoms with Crippen molar-refractivity contribution < 1.29 is 42.8 Å². The van der Waals surface area contributed by atoms with Gasteiger partial charge in [0.05, 0.1) is 19.5 Å². The van der Waals surface area contributed by atoms with Gasteiger partial charge in [-0.25, -0.2) is 19.5 Å². The quantitative estimate of drug-likeness (QED) is 0.180. The Kier molecular flexibility index (Phi) is 9.49. The van der Waals surface area contributed by atoms with Crippen molar-refractivity contribution in [2.45, 2.75) is 88.7 Å². The Bertz CT molecular complexity index is 1450. The number of carbonyl (C=O) groups is 1. The Morgan fingerprint density at radius 1 is 1.09 bits per heavy atom. The van der Waals surface area contributed by atoms with E-state index in [-0.39, 0.29) is 17.7 Å². The van der Waals surface area contributed by atoms with Crippen molar-refractivity contribution in [3.05, 3.63) is 36.9 Å². The Morgan fingerprint density at radius 2 is 1.79 bits per heavy atom. The fraction of sp³-hybridized carbons (Fsp3) is 0.556. The number of hydrogen-bond donors (Lipinski definition) is 4. The molecule has 1 saturated carbocycles. The van der Waals surface area contributed by atoms with Crippen LogP contribution in [0.5, 0.6) is 11.5 Å². The molecule has 0 amide bonds. The number of imidazole rings is 1. The number of aromatic nitrogens is 4. The zero-order valence-electron chi connectivity index (χ0n) is 24.1. The number of benzene rings is 1. The van der Waals surface area contributed by atoms with Gasteiger partial charge in [0.2, 0.25) is 0 Å². The monoisotopic (exact) mass is 620 g/mol. The van der Waals surface area contributed by atoms with Gasteiger partial charge in [-0.05, 0) is 63.8 Å². The minimum atomic E-state index is -4.33. The largest absolute Gasteiger partial charge is 0.497 e. The van der Waals surface area contributed by atoms with Crippen LogP contribution in [-0.2, 0) is 23.4 Å². The minimum absolute atomic E-state index is 0.142. The third-order valence-electron chi connectivity index (χ3n) is 7.53. The Balaban J connectivity index is 1.33. The van der Waals surface area contributed by atoms with Crippen LogP contribution in [0.3, 0.4) is 0 Å². The predicted octanol–water partition coefficient (Wildman–Crippen LogP) is 2.48. The maximum atomic E-state index is 14.2. The highest BCUT2D eigenvalue weighted by molar-refractivity contribution is 7.52. The number of aliphatic hydroxyl groups excluding tert-OH is 2. The second-order valence-corrected chi connectivity index (χ2v) is 12.3. The summed E-state index contributed by atoms with van der Waals surface area (Å²) in [6, 6.07) is 5.23. The van der Waals surface area contributed by atoms with Gasteiger partial charge in [-0.15, -0.1) is 0 Å².